The molecule has 2 unspecified atom stereocenters. The molecule has 1 saturated heterocycles. The Morgan fingerprint density at radius 2 is 1.92 bits per heavy atom. The second-order valence-electron chi connectivity index (χ2n) is 13.1. The highest BCUT2D eigenvalue weighted by molar-refractivity contribution is 5.89. The Labute approximate surface area is 281 Å². The monoisotopic (exact) mass is 672 g/mol. The van der Waals surface area contributed by atoms with Crippen LogP contribution in [0.25, 0.3) is 22.3 Å². The maximum atomic E-state index is 15.4. The molecule has 1 aliphatic rings. The van der Waals surface area contributed by atoms with Crippen LogP contribution in [0.4, 0.5) is 13.6 Å². The van der Waals surface area contributed by atoms with Crippen molar-refractivity contribution in [3.63, 3.8) is 0 Å². The fourth-order valence-corrected chi connectivity index (χ4v) is 6.32. The lowest BCUT2D eigenvalue weighted by Gasteiger charge is -2.32. The Morgan fingerprint density at radius 1 is 1.10 bits per heavy atom. The number of nitrogens with zero attached hydrogens (tertiary/aromatic N) is 1. The van der Waals surface area contributed by atoms with Gasteiger partial charge in [-0.25, -0.2) is 18.6 Å². The van der Waals surface area contributed by atoms with E-state index in [1.807, 2.05) is 39.0 Å². The first kappa shape index (κ1) is 33.7. The van der Waals surface area contributed by atoms with Gasteiger partial charge in [-0.15, -0.1) is 0 Å². The average Bonchev–Trinajstić information content (AvgIpc) is 3.83. The number of rotatable bonds is 13. The minimum absolute atomic E-state index is 0.100. The number of amides is 1. The number of aromatic amines is 2. The largest absolute Gasteiger partial charge is 0.481 e. The van der Waals surface area contributed by atoms with Crippen LogP contribution in [0, 0.1) is 18.6 Å². The molecule has 4 N–H and O–H groups in total. The van der Waals surface area contributed by atoms with Gasteiger partial charge in [-0.3, -0.25) is 4.79 Å². The number of benzene rings is 3. The molecule has 0 radical (unpaired) electrons. The predicted molar refractivity (Wildman–Crippen MR) is 179 cm³/mol. The number of halogens is 2. The van der Waals surface area contributed by atoms with Crippen molar-refractivity contribution in [3.8, 4) is 22.9 Å². The van der Waals surface area contributed by atoms with Crippen molar-refractivity contribution >= 4 is 23.0 Å². The number of fused-ring (bicyclic) bond motifs is 1. The molecule has 1 aliphatic heterocycles. The summed E-state index contributed by atoms with van der Waals surface area (Å²) in [4.78, 5) is 34.0. The highest BCUT2D eigenvalue weighted by atomic mass is 19.1. The minimum atomic E-state index is -1.15. The lowest BCUT2D eigenvalue weighted by atomic mass is 9.75. The summed E-state index contributed by atoms with van der Waals surface area (Å²) in [5.74, 6) is -2.36. The number of carbonyl (C=O) groups excluding carboxylic acids is 1. The van der Waals surface area contributed by atoms with E-state index in [2.05, 4.69) is 33.3 Å². The van der Waals surface area contributed by atoms with Crippen molar-refractivity contribution in [3.05, 3.63) is 101 Å². The zero-order chi connectivity index (χ0) is 34.9. The minimum Gasteiger partial charge on any atom is -0.481 e. The predicted octanol–water partition coefficient (Wildman–Crippen LogP) is 7.55. The Bertz CT molecular complexity index is 2020. The second-order valence-corrected chi connectivity index (χ2v) is 13.1. The number of alkyl carbamates (subject to hydrolysis) is 1. The SMILES string of the molecule is Cc1cccc(C(C)(CCCOC(C)(C)C2CNC(=O)O2)c2cnc(-c3cc(Oc4c(F)cc5[nH]ccc5c4CC(=O)O)ccc3F)[nH]2)c1. The molecule has 0 saturated carbocycles. The first-order valence-electron chi connectivity index (χ1n) is 16.0. The van der Waals surface area contributed by atoms with Crippen LogP contribution in [0.1, 0.15) is 56.0 Å². The Hall–Kier alpha value is -5.23. The highest BCUT2D eigenvalue weighted by Gasteiger charge is 2.38. The van der Waals surface area contributed by atoms with E-state index in [0.717, 1.165) is 16.8 Å². The molecule has 1 amide bonds. The maximum Gasteiger partial charge on any atom is 0.407 e. The van der Waals surface area contributed by atoms with Gasteiger partial charge in [-0.05, 0) is 70.4 Å². The molecule has 5 aromatic rings. The third kappa shape index (κ3) is 7.00. The number of aryl methyl sites for hydroxylation is 1. The van der Waals surface area contributed by atoms with Gasteiger partial charge in [0.05, 0.1) is 18.5 Å². The van der Waals surface area contributed by atoms with Crippen molar-refractivity contribution in [2.24, 2.45) is 0 Å². The average molecular weight is 673 g/mol. The van der Waals surface area contributed by atoms with Gasteiger partial charge >= 0.3 is 12.1 Å². The van der Waals surface area contributed by atoms with E-state index in [0.29, 0.717) is 36.9 Å². The van der Waals surface area contributed by atoms with Crippen molar-refractivity contribution < 1.29 is 37.7 Å². The topological polar surface area (TPSA) is 139 Å². The Morgan fingerprint density at radius 3 is 2.65 bits per heavy atom. The molecule has 0 spiro atoms. The number of cyclic esters (lactones) is 1. The fourth-order valence-electron chi connectivity index (χ4n) is 6.32. The van der Waals surface area contributed by atoms with Crippen LogP contribution in [0.2, 0.25) is 0 Å². The Kier molecular flexibility index (Phi) is 9.17. The van der Waals surface area contributed by atoms with Gasteiger partial charge in [0.15, 0.2) is 11.6 Å². The van der Waals surface area contributed by atoms with Crippen molar-refractivity contribution in [1.29, 1.82) is 0 Å². The fraction of sp³-hybridized carbons (Fsp3) is 0.324. The van der Waals surface area contributed by atoms with E-state index < -0.39 is 47.2 Å². The number of H-pyrrole nitrogens is 2. The van der Waals surface area contributed by atoms with Gasteiger partial charge in [0.2, 0.25) is 0 Å². The van der Waals surface area contributed by atoms with Crippen molar-refractivity contribution in [1.82, 2.24) is 20.3 Å². The highest BCUT2D eigenvalue weighted by Crippen LogP contribution is 2.39. The van der Waals surface area contributed by atoms with Gasteiger partial charge in [0.1, 0.15) is 29.1 Å². The van der Waals surface area contributed by atoms with E-state index in [1.165, 1.54) is 24.3 Å². The van der Waals surface area contributed by atoms with E-state index in [1.54, 1.807) is 18.5 Å². The number of nitrogens with one attached hydrogen (secondary N) is 3. The van der Waals surface area contributed by atoms with Gasteiger partial charge < -0.3 is 34.6 Å². The molecule has 6 rings (SSSR count). The van der Waals surface area contributed by atoms with Crippen LogP contribution in [0.3, 0.4) is 0 Å². The van der Waals surface area contributed by atoms with E-state index in [-0.39, 0.29) is 28.5 Å². The summed E-state index contributed by atoms with van der Waals surface area (Å²) in [6.07, 6.45) is 3.26. The number of carbonyl (C=O) groups is 2. The summed E-state index contributed by atoms with van der Waals surface area (Å²) in [5.41, 5.74) is 2.31. The van der Waals surface area contributed by atoms with Crippen LogP contribution in [0.15, 0.2) is 67.0 Å². The van der Waals surface area contributed by atoms with Gasteiger partial charge in [-0.2, -0.15) is 0 Å². The molecule has 2 atom stereocenters. The lowest BCUT2D eigenvalue weighted by Crippen LogP contribution is -2.41. The van der Waals surface area contributed by atoms with E-state index in [4.69, 9.17) is 14.2 Å². The molecular formula is C37H38F2N4O6. The molecule has 256 valence electrons. The summed E-state index contributed by atoms with van der Waals surface area (Å²) in [6, 6.07) is 15.0. The molecular weight excluding hydrogens is 634 g/mol. The molecule has 10 nitrogen and oxygen atoms in total. The molecule has 3 heterocycles. The number of aliphatic carboxylic acids is 1. The number of carboxylic acid groups (broad SMARTS) is 1. The van der Waals surface area contributed by atoms with Crippen LogP contribution >= 0.6 is 0 Å². The number of ether oxygens (including phenoxy) is 3. The van der Waals surface area contributed by atoms with Crippen LogP contribution in [0.5, 0.6) is 11.5 Å². The summed E-state index contributed by atoms with van der Waals surface area (Å²) < 4.78 is 48.1. The summed E-state index contributed by atoms with van der Waals surface area (Å²) in [6.45, 7) is 8.69. The van der Waals surface area contributed by atoms with Crippen molar-refractivity contribution in [2.45, 2.75) is 64.1 Å². The maximum absolute atomic E-state index is 15.4. The smallest absolute Gasteiger partial charge is 0.407 e. The van der Waals surface area contributed by atoms with E-state index >= 15 is 8.78 Å². The molecule has 2 aromatic heterocycles. The molecule has 3 aromatic carbocycles. The summed E-state index contributed by atoms with van der Waals surface area (Å²) >= 11 is 0. The molecule has 12 heteroatoms. The molecule has 1 fully saturated rings. The Balaban J connectivity index is 1.27. The number of hydrogen-bond acceptors (Lipinski definition) is 6. The van der Waals surface area contributed by atoms with Gasteiger partial charge in [0.25, 0.3) is 0 Å². The van der Waals surface area contributed by atoms with Crippen molar-refractivity contribution in [2.75, 3.05) is 13.2 Å². The van der Waals surface area contributed by atoms with Gasteiger partial charge in [-0.1, -0.05) is 29.8 Å². The van der Waals surface area contributed by atoms with Crippen LogP contribution in [-0.2, 0) is 26.1 Å². The van der Waals surface area contributed by atoms with E-state index in [9.17, 15) is 14.7 Å². The zero-order valence-electron chi connectivity index (χ0n) is 27.7. The third-order valence-electron chi connectivity index (χ3n) is 9.18. The standard InChI is InChI=1S/C37H38F2N4O6/c1-21-7-5-8-22(15-21)37(4,12-6-14-47-36(2,3)31-20-42-35(46)49-31)30-19-41-34(43-30)26-16-23(9-10-27(26)38)48-33-25(17-32(44)45)24-11-13-40-29(24)18-28(33)39/h5,7-11,13,15-16,18-19,31,40H,6,12,14,17,20H2,1-4H3,(H,41,43)(H,42,46)(H,44,45). The second kappa shape index (κ2) is 13.3. The zero-order valence-corrected chi connectivity index (χ0v) is 27.7. The third-order valence-corrected chi connectivity index (χ3v) is 9.18. The quantitative estimate of drug-likeness (QED) is 0.0948. The first-order valence-corrected chi connectivity index (χ1v) is 16.0. The number of imidazole rings is 1. The normalized spacial score (nSPS) is 16.0. The molecule has 49 heavy (non-hydrogen) atoms. The molecule has 0 bridgehead atoms. The first-order chi connectivity index (χ1) is 23.3. The van der Waals surface area contributed by atoms with Gasteiger partial charge in [0, 0.05) is 52.6 Å². The molecule has 0 aliphatic carbocycles. The van der Waals surface area contributed by atoms with Crippen LogP contribution in [-0.4, -0.2) is 57.0 Å². The summed E-state index contributed by atoms with van der Waals surface area (Å²) in [5, 5.41) is 12.7. The van der Waals surface area contributed by atoms with Crippen LogP contribution < -0.4 is 10.1 Å². The number of aromatic nitrogens is 3. The summed E-state index contributed by atoms with van der Waals surface area (Å²) in [7, 11) is 0. The number of carboxylic acids is 1. The number of hydrogen-bond donors (Lipinski definition) is 4. The lowest BCUT2D eigenvalue weighted by molar-refractivity contribution is -0.136.